The maximum absolute atomic E-state index is 11.8. The van der Waals surface area contributed by atoms with E-state index in [4.69, 9.17) is 0 Å². The standard InChI is InChI=1S/C12H12N4O3/c1-16-11(18)9(7-15-12(16)19)10(17)14-6-8-3-2-4-13-5-8/h2-5,7H,6H2,1H3,(H,14,17)(H,15,19). The zero-order valence-corrected chi connectivity index (χ0v) is 10.2. The molecule has 2 rings (SSSR count). The summed E-state index contributed by atoms with van der Waals surface area (Å²) in [5, 5.41) is 2.59. The van der Waals surface area contributed by atoms with Crippen LogP contribution in [-0.4, -0.2) is 20.4 Å². The number of rotatable bonds is 3. The Labute approximate surface area is 107 Å². The van der Waals surface area contributed by atoms with Crippen LogP contribution in [0.3, 0.4) is 0 Å². The lowest BCUT2D eigenvalue weighted by atomic mass is 10.2. The minimum absolute atomic E-state index is 0.106. The van der Waals surface area contributed by atoms with Gasteiger partial charge in [0.05, 0.1) is 0 Å². The maximum Gasteiger partial charge on any atom is 0.328 e. The molecule has 2 aromatic heterocycles. The molecule has 0 radical (unpaired) electrons. The van der Waals surface area contributed by atoms with E-state index in [2.05, 4.69) is 15.3 Å². The van der Waals surface area contributed by atoms with E-state index in [-0.39, 0.29) is 12.1 Å². The normalized spacial score (nSPS) is 10.2. The molecule has 0 aromatic carbocycles. The third kappa shape index (κ3) is 2.76. The molecule has 2 aromatic rings. The quantitative estimate of drug-likeness (QED) is 0.770. The second kappa shape index (κ2) is 5.30. The van der Waals surface area contributed by atoms with Crippen LogP contribution in [-0.2, 0) is 13.6 Å². The van der Waals surface area contributed by atoms with E-state index < -0.39 is 17.2 Å². The SMILES string of the molecule is Cn1c(=O)[nH]cc(C(=O)NCc2cccnc2)c1=O. The van der Waals surface area contributed by atoms with E-state index in [1.807, 2.05) is 0 Å². The molecule has 7 heteroatoms. The molecule has 0 fully saturated rings. The monoisotopic (exact) mass is 260 g/mol. The highest BCUT2D eigenvalue weighted by molar-refractivity contribution is 5.93. The first-order valence-electron chi connectivity index (χ1n) is 5.55. The van der Waals surface area contributed by atoms with Crippen molar-refractivity contribution in [2.24, 2.45) is 7.05 Å². The Morgan fingerprint density at radius 1 is 1.47 bits per heavy atom. The topological polar surface area (TPSA) is 96.8 Å². The fourth-order valence-electron chi connectivity index (χ4n) is 1.51. The summed E-state index contributed by atoms with van der Waals surface area (Å²) in [7, 11) is 1.30. The van der Waals surface area contributed by atoms with Gasteiger partial charge in [0.25, 0.3) is 11.5 Å². The summed E-state index contributed by atoms with van der Waals surface area (Å²) in [6.45, 7) is 0.259. The van der Waals surface area contributed by atoms with Gasteiger partial charge in [-0.25, -0.2) is 4.79 Å². The van der Waals surface area contributed by atoms with Crippen molar-refractivity contribution < 1.29 is 4.79 Å². The number of hydrogen-bond acceptors (Lipinski definition) is 4. The number of nitrogens with zero attached hydrogens (tertiary/aromatic N) is 2. The minimum Gasteiger partial charge on any atom is -0.348 e. The average Bonchev–Trinajstić information content (AvgIpc) is 2.43. The van der Waals surface area contributed by atoms with E-state index in [9.17, 15) is 14.4 Å². The molecule has 0 aliphatic heterocycles. The molecule has 1 amide bonds. The van der Waals surface area contributed by atoms with Crippen molar-refractivity contribution in [1.82, 2.24) is 19.9 Å². The molecule has 0 aliphatic rings. The van der Waals surface area contributed by atoms with Crippen LogP contribution < -0.4 is 16.6 Å². The summed E-state index contributed by atoms with van der Waals surface area (Å²) >= 11 is 0. The molecule has 0 saturated heterocycles. The van der Waals surface area contributed by atoms with Gasteiger partial charge < -0.3 is 10.3 Å². The molecular formula is C12H12N4O3. The summed E-state index contributed by atoms with van der Waals surface area (Å²) in [6.07, 6.45) is 4.36. The Morgan fingerprint density at radius 3 is 2.95 bits per heavy atom. The van der Waals surface area contributed by atoms with Crippen LogP contribution in [0.25, 0.3) is 0 Å². The predicted octanol–water partition coefficient (Wildman–Crippen LogP) is -0.601. The highest BCUT2D eigenvalue weighted by atomic mass is 16.2. The number of aromatic nitrogens is 3. The van der Waals surface area contributed by atoms with E-state index >= 15 is 0 Å². The van der Waals surface area contributed by atoms with Gasteiger partial charge in [0.1, 0.15) is 5.56 Å². The van der Waals surface area contributed by atoms with Crippen molar-refractivity contribution in [1.29, 1.82) is 0 Å². The van der Waals surface area contributed by atoms with Gasteiger partial charge in [0.15, 0.2) is 0 Å². The van der Waals surface area contributed by atoms with Gasteiger partial charge in [-0.2, -0.15) is 0 Å². The van der Waals surface area contributed by atoms with Gasteiger partial charge in [0, 0.05) is 32.2 Å². The van der Waals surface area contributed by atoms with Crippen LogP contribution in [0.2, 0.25) is 0 Å². The van der Waals surface area contributed by atoms with Gasteiger partial charge in [-0.05, 0) is 11.6 Å². The third-order valence-corrected chi connectivity index (χ3v) is 2.60. The molecule has 19 heavy (non-hydrogen) atoms. The first-order valence-corrected chi connectivity index (χ1v) is 5.55. The van der Waals surface area contributed by atoms with Crippen LogP contribution in [0.4, 0.5) is 0 Å². The first-order chi connectivity index (χ1) is 9.09. The molecule has 0 bridgehead atoms. The Balaban J connectivity index is 2.15. The Kier molecular flexibility index (Phi) is 3.56. The van der Waals surface area contributed by atoms with Gasteiger partial charge >= 0.3 is 5.69 Å². The van der Waals surface area contributed by atoms with Crippen molar-refractivity contribution in [3.63, 3.8) is 0 Å². The number of pyridine rings is 1. The zero-order chi connectivity index (χ0) is 13.8. The second-order valence-corrected chi connectivity index (χ2v) is 3.92. The molecule has 2 heterocycles. The van der Waals surface area contributed by atoms with E-state index in [0.717, 1.165) is 16.3 Å². The van der Waals surface area contributed by atoms with Crippen LogP contribution in [0.15, 0.2) is 40.3 Å². The van der Waals surface area contributed by atoms with Crippen molar-refractivity contribution in [2.75, 3.05) is 0 Å². The lowest BCUT2D eigenvalue weighted by Crippen LogP contribution is -2.38. The molecule has 0 unspecified atom stereocenters. The lowest BCUT2D eigenvalue weighted by molar-refractivity contribution is 0.0948. The predicted molar refractivity (Wildman–Crippen MR) is 67.7 cm³/mol. The van der Waals surface area contributed by atoms with Gasteiger partial charge in [-0.15, -0.1) is 0 Å². The second-order valence-electron chi connectivity index (χ2n) is 3.92. The van der Waals surface area contributed by atoms with E-state index in [0.29, 0.717) is 0 Å². The average molecular weight is 260 g/mol. The molecule has 0 atom stereocenters. The number of amides is 1. The number of hydrogen-bond donors (Lipinski definition) is 2. The van der Waals surface area contributed by atoms with E-state index in [1.165, 1.54) is 7.05 Å². The minimum atomic E-state index is -0.632. The molecule has 98 valence electrons. The molecular weight excluding hydrogens is 248 g/mol. The number of carbonyl (C=O) groups is 1. The summed E-state index contributed by atoms with van der Waals surface area (Å²) in [6, 6.07) is 3.55. The Hall–Kier alpha value is -2.70. The summed E-state index contributed by atoms with van der Waals surface area (Å²) in [5.74, 6) is -0.541. The van der Waals surface area contributed by atoms with Crippen LogP contribution in [0.1, 0.15) is 15.9 Å². The van der Waals surface area contributed by atoms with Crippen LogP contribution in [0.5, 0.6) is 0 Å². The van der Waals surface area contributed by atoms with Gasteiger partial charge in [-0.3, -0.25) is 19.1 Å². The number of H-pyrrole nitrogens is 1. The summed E-state index contributed by atoms with van der Waals surface area (Å²) in [5.41, 5.74) is -0.482. The molecule has 0 aliphatic carbocycles. The van der Waals surface area contributed by atoms with Crippen molar-refractivity contribution in [3.8, 4) is 0 Å². The molecule has 7 nitrogen and oxygen atoms in total. The Bertz CT molecular complexity index is 703. The Morgan fingerprint density at radius 2 is 2.26 bits per heavy atom. The van der Waals surface area contributed by atoms with E-state index in [1.54, 1.807) is 24.5 Å². The first kappa shape index (κ1) is 12.7. The molecule has 2 N–H and O–H groups in total. The maximum atomic E-state index is 11.8. The highest BCUT2D eigenvalue weighted by Gasteiger charge is 2.12. The summed E-state index contributed by atoms with van der Waals surface area (Å²) in [4.78, 5) is 40.9. The van der Waals surface area contributed by atoms with Crippen LogP contribution in [0, 0.1) is 0 Å². The van der Waals surface area contributed by atoms with Gasteiger partial charge in [0.2, 0.25) is 0 Å². The summed E-state index contributed by atoms with van der Waals surface area (Å²) < 4.78 is 0.846. The molecule has 0 spiro atoms. The lowest BCUT2D eigenvalue weighted by Gasteiger charge is -2.05. The number of carbonyl (C=O) groups excluding carboxylic acids is 1. The van der Waals surface area contributed by atoms with Crippen molar-refractivity contribution in [2.45, 2.75) is 6.54 Å². The fraction of sp³-hybridized carbons (Fsp3) is 0.167. The van der Waals surface area contributed by atoms with Crippen LogP contribution >= 0.6 is 0 Å². The zero-order valence-electron chi connectivity index (χ0n) is 10.2. The van der Waals surface area contributed by atoms with Gasteiger partial charge in [-0.1, -0.05) is 6.07 Å². The smallest absolute Gasteiger partial charge is 0.328 e. The number of aromatic amines is 1. The van der Waals surface area contributed by atoms with Crippen molar-refractivity contribution in [3.05, 3.63) is 62.7 Å². The van der Waals surface area contributed by atoms with Crippen molar-refractivity contribution >= 4 is 5.91 Å². The fourth-order valence-corrected chi connectivity index (χ4v) is 1.51. The third-order valence-electron chi connectivity index (χ3n) is 2.60. The largest absolute Gasteiger partial charge is 0.348 e. The highest BCUT2D eigenvalue weighted by Crippen LogP contribution is 1.95. The molecule has 0 saturated carbocycles. The number of nitrogens with one attached hydrogen (secondary N) is 2.